The molecule has 0 aliphatic carbocycles. The van der Waals surface area contributed by atoms with Crippen LogP contribution in [0.25, 0.3) is 11.6 Å². The van der Waals surface area contributed by atoms with Crippen molar-refractivity contribution in [2.45, 2.75) is 73.5 Å². The standard InChI is InChI=1S/C34H46N11O2/c1-11-32(12-2)21(5)24(35)22(6)33(13-3,14-4)45(32,44-15-17-47-18-16-44)42-25-23-26-36-19-37-27(40-26)28-38-20-39-29(41-28)34(25,46)31(9,10)43-30(23,7)8/h11-14,19-20,23-25,42-43,46H,1-6,15-18,35H2,7-10H3/q+1. The molecule has 2 aromatic heterocycles. The number of fused-ring (bicyclic) bond motifs is 9. The van der Waals surface area contributed by atoms with Gasteiger partial charge in [-0.25, -0.2) is 29.9 Å². The summed E-state index contributed by atoms with van der Waals surface area (Å²) in [5.41, 5.74) is 6.18. The first kappa shape index (κ1) is 33.1. The zero-order valence-corrected chi connectivity index (χ0v) is 27.8. The van der Waals surface area contributed by atoms with Crippen LogP contribution in [0.3, 0.4) is 0 Å². The number of aromatic nitrogens is 6. The summed E-state index contributed by atoms with van der Waals surface area (Å²) in [5, 5.41) is 19.5. The van der Waals surface area contributed by atoms with E-state index in [9.17, 15) is 5.11 Å². The Kier molecular flexibility index (Phi) is 7.64. The summed E-state index contributed by atoms with van der Waals surface area (Å²) in [7, 11) is 0. The largest absolute Gasteiger partial charge is 0.378 e. The molecule has 0 amide bonds. The molecule has 13 heteroatoms. The van der Waals surface area contributed by atoms with Crippen molar-refractivity contribution >= 4 is 0 Å². The van der Waals surface area contributed by atoms with Gasteiger partial charge in [0.2, 0.25) is 11.6 Å². The first-order valence-corrected chi connectivity index (χ1v) is 15.8. The fraction of sp³-hybridized carbons (Fsp3) is 0.471. The predicted molar refractivity (Wildman–Crippen MR) is 179 cm³/mol. The van der Waals surface area contributed by atoms with Gasteiger partial charge in [0.1, 0.15) is 24.5 Å². The molecule has 0 spiro atoms. The molecule has 3 saturated heterocycles. The van der Waals surface area contributed by atoms with Gasteiger partial charge in [-0.3, -0.25) is 0 Å². The van der Waals surface area contributed by atoms with Crippen molar-refractivity contribution in [2.75, 3.05) is 26.3 Å². The van der Waals surface area contributed by atoms with Gasteiger partial charge in [-0.05, 0) is 52.0 Å². The van der Waals surface area contributed by atoms with E-state index in [0.717, 1.165) is 0 Å². The van der Waals surface area contributed by atoms with Crippen molar-refractivity contribution in [1.29, 1.82) is 0 Å². The number of aliphatic hydroxyl groups is 1. The Labute approximate surface area is 276 Å². The van der Waals surface area contributed by atoms with E-state index >= 15 is 0 Å². The molecule has 6 heterocycles. The number of ether oxygens (including phenoxy) is 1. The van der Waals surface area contributed by atoms with Gasteiger partial charge in [-0.2, -0.15) is 0 Å². The molecule has 3 fully saturated rings. The van der Waals surface area contributed by atoms with Gasteiger partial charge < -0.3 is 20.9 Å². The SMILES string of the molecule is C=CC1(C=C)C(=C)C(N)C(=C)C(C=C)(C=C)[N+]1(NC1C2c3ncnc(n3)-c3ncnc(n3)C1(O)C(C)(C)NC2(C)C)N1CCOCC1. The lowest BCUT2D eigenvalue weighted by Gasteiger charge is -2.69. The first-order valence-electron chi connectivity index (χ1n) is 15.8. The highest BCUT2D eigenvalue weighted by atomic mass is 16.5. The Hall–Kier alpha value is -3.82. The van der Waals surface area contributed by atoms with Crippen molar-refractivity contribution < 1.29 is 14.5 Å². The Morgan fingerprint density at radius 1 is 0.915 bits per heavy atom. The van der Waals surface area contributed by atoms with Gasteiger partial charge in [0.05, 0.1) is 43.8 Å². The lowest BCUT2D eigenvalue weighted by molar-refractivity contribution is -1.12. The van der Waals surface area contributed by atoms with Crippen LogP contribution < -0.4 is 16.5 Å². The Morgan fingerprint density at radius 3 is 2.00 bits per heavy atom. The van der Waals surface area contributed by atoms with E-state index in [1.807, 2.05) is 13.8 Å². The second kappa shape index (κ2) is 10.9. The van der Waals surface area contributed by atoms with Crippen LogP contribution in [0.4, 0.5) is 0 Å². The summed E-state index contributed by atoms with van der Waals surface area (Å²) in [6.45, 7) is 36.3. The highest BCUT2D eigenvalue weighted by Crippen LogP contribution is 2.56. The predicted octanol–water partition coefficient (Wildman–Crippen LogP) is 1.78. The Morgan fingerprint density at radius 2 is 1.45 bits per heavy atom. The molecule has 0 radical (unpaired) electrons. The molecule has 6 bridgehead atoms. The maximum Gasteiger partial charge on any atom is 0.201 e. The molecule has 3 atom stereocenters. The number of rotatable bonds is 7. The Balaban J connectivity index is 1.78. The molecule has 0 aromatic carbocycles. The summed E-state index contributed by atoms with van der Waals surface area (Å²) < 4.78 is 5.68. The summed E-state index contributed by atoms with van der Waals surface area (Å²) in [5.74, 6) is 0.465. The number of hydrogen-bond acceptors (Lipinski definition) is 12. The van der Waals surface area contributed by atoms with Crippen LogP contribution in [0.1, 0.15) is 45.3 Å². The summed E-state index contributed by atoms with van der Waals surface area (Å²) in [6.07, 6.45) is 10.0. The average molecular weight is 641 g/mol. The fourth-order valence-electron chi connectivity index (χ4n) is 8.71. The first-order chi connectivity index (χ1) is 22.2. The van der Waals surface area contributed by atoms with E-state index in [1.165, 1.54) is 12.7 Å². The number of nitrogens with one attached hydrogen (secondary N) is 2. The Bertz CT molecular complexity index is 1620. The number of nitrogens with zero attached hydrogens (tertiary/aromatic N) is 8. The van der Waals surface area contributed by atoms with E-state index in [1.54, 1.807) is 24.3 Å². The van der Waals surface area contributed by atoms with Gasteiger partial charge in [-0.1, -0.05) is 39.5 Å². The van der Waals surface area contributed by atoms with Crippen LogP contribution >= 0.6 is 0 Å². The zero-order chi connectivity index (χ0) is 34.2. The molecule has 47 heavy (non-hydrogen) atoms. The van der Waals surface area contributed by atoms with E-state index in [4.69, 9.17) is 25.4 Å². The van der Waals surface area contributed by atoms with Gasteiger partial charge in [0.15, 0.2) is 22.5 Å². The van der Waals surface area contributed by atoms with Crippen molar-refractivity contribution in [3.63, 3.8) is 0 Å². The molecular weight excluding hydrogens is 594 g/mol. The third-order valence-electron chi connectivity index (χ3n) is 11.0. The summed E-state index contributed by atoms with van der Waals surface area (Å²) in [6, 6.07) is -1.60. The topological polar surface area (TPSA) is 160 Å². The normalized spacial score (nSPS) is 33.4. The fourth-order valence-corrected chi connectivity index (χ4v) is 8.71. The number of piperidine rings is 2. The van der Waals surface area contributed by atoms with Crippen LogP contribution in [0.2, 0.25) is 0 Å². The molecule has 5 N–H and O–H groups in total. The maximum absolute atomic E-state index is 13.5. The second-order valence-electron chi connectivity index (χ2n) is 13.8. The summed E-state index contributed by atoms with van der Waals surface area (Å²) in [4.78, 5) is 27.7. The van der Waals surface area contributed by atoms with Crippen molar-refractivity contribution in [3.8, 4) is 11.6 Å². The number of morpholine rings is 1. The molecule has 248 valence electrons. The summed E-state index contributed by atoms with van der Waals surface area (Å²) >= 11 is 0. The van der Waals surface area contributed by atoms with Crippen LogP contribution in [0.15, 0.2) is 87.6 Å². The van der Waals surface area contributed by atoms with E-state index in [0.29, 0.717) is 43.3 Å². The monoisotopic (exact) mass is 640 g/mol. The maximum atomic E-state index is 13.5. The molecule has 4 aliphatic rings. The quantitative estimate of drug-likeness (QED) is 0.257. The molecule has 4 aliphatic heterocycles. The second-order valence-corrected chi connectivity index (χ2v) is 13.8. The van der Waals surface area contributed by atoms with E-state index in [-0.39, 0.29) is 22.2 Å². The van der Waals surface area contributed by atoms with Crippen LogP contribution in [-0.4, -0.2) is 105 Å². The van der Waals surface area contributed by atoms with Gasteiger partial charge >= 0.3 is 0 Å². The highest BCUT2D eigenvalue weighted by Gasteiger charge is 2.74. The van der Waals surface area contributed by atoms with Gasteiger partial charge in [0.25, 0.3) is 0 Å². The third kappa shape index (κ3) is 4.02. The lowest BCUT2D eigenvalue weighted by atomic mass is 9.61. The van der Waals surface area contributed by atoms with Crippen molar-refractivity contribution in [1.82, 2.24) is 45.7 Å². The molecular formula is C34H46N11O2+. The lowest BCUT2D eigenvalue weighted by Crippen LogP contribution is -2.92. The van der Waals surface area contributed by atoms with Crippen molar-refractivity contribution in [3.05, 3.63) is 99.2 Å². The van der Waals surface area contributed by atoms with Gasteiger partial charge in [0, 0.05) is 16.7 Å². The van der Waals surface area contributed by atoms with E-state index < -0.39 is 45.8 Å². The molecule has 13 nitrogen and oxygen atoms in total. The minimum atomic E-state index is -1.83. The zero-order valence-electron chi connectivity index (χ0n) is 27.8. The number of nitrogens with two attached hydrogens (primary N) is 1. The smallest absolute Gasteiger partial charge is 0.201 e. The molecule has 6 rings (SSSR count). The third-order valence-corrected chi connectivity index (χ3v) is 11.0. The van der Waals surface area contributed by atoms with Crippen LogP contribution in [0.5, 0.6) is 0 Å². The van der Waals surface area contributed by atoms with Crippen molar-refractivity contribution in [2.24, 2.45) is 5.73 Å². The van der Waals surface area contributed by atoms with Gasteiger partial charge in [-0.15, -0.1) is 15.1 Å². The minimum absolute atomic E-state index is 0.140. The molecule has 2 aromatic rings. The molecule has 0 saturated carbocycles. The average Bonchev–Trinajstić information content (AvgIpc) is 3.08. The number of quaternary nitrogens is 1. The van der Waals surface area contributed by atoms with Crippen LogP contribution in [0, 0.1) is 0 Å². The van der Waals surface area contributed by atoms with E-state index in [2.05, 4.69) is 84.0 Å². The minimum Gasteiger partial charge on any atom is -0.378 e. The number of hydrogen-bond donors (Lipinski definition) is 4. The highest BCUT2D eigenvalue weighted by molar-refractivity contribution is 5.50. The van der Waals surface area contributed by atoms with Crippen LogP contribution in [-0.2, 0) is 10.3 Å². The molecule has 3 unspecified atom stereocenters.